The van der Waals surface area contributed by atoms with Crippen molar-refractivity contribution in [1.82, 2.24) is 10.3 Å². The Morgan fingerprint density at radius 2 is 1.96 bits per heavy atom. The Morgan fingerprint density at radius 3 is 2.64 bits per heavy atom. The first kappa shape index (κ1) is 19.6. The SMILES string of the molecule is CC(C)[C@H](NC(=O)OCc1ccccc1)C(=O)Nc1nc(-c2ccco2)cs1. The van der Waals surface area contributed by atoms with Crippen molar-refractivity contribution in [3.05, 3.63) is 59.7 Å². The number of carbonyl (C=O) groups excluding carboxylic acids is 2. The summed E-state index contributed by atoms with van der Waals surface area (Å²) in [5, 5.41) is 7.59. The molecule has 1 atom stereocenters. The first-order chi connectivity index (χ1) is 13.5. The van der Waals surface area contributed by atoms with Crippen molar-refractivity contribution in [2.45, 2.75) is 26.5 Å². The third kappa shape index (κ3) is 5.20. The van der Waals surface area contributed by atoms with E-state index >= 15 is 0 Å². The fourth-order valence-corrected chi connectivity index (χ4v) is 3.18. The summed E-state index contributed by atoms with van der Waals surface area (Å²) in [7, 11) is 0. The minimum absolute atomic E-state index is 0.131. The zero-order valence-electron chi connectivity index (χ0n) is 15.5. The van der Waals surface area contributed by atoms with E-state index in [1.165, 1.54) is 11.3 Å². The predicted molar refractivity (Wildman–Crippen MR) is 107 cm³/mol. The maximum atomic E-state index is 12.6. The quantitative estimate of drug-likeness (QED) is 0.618. The smallest absolute Gasteiger partial charge is 0.408 e. The number of ether oxygens (including phenoxy) is 1. The van der Waals surface area contributed by atoms with Gasteiger partial charge in [0.05, 0.1) is 6.26 Å². The lowest BCUT2D eigenvalue weighted by Crippen LogP contribution is -2.47. The van der Waals surface area contributed by atoms with Gasteiger partial charge in [-0.1, -0.05) is 44.2 Å². The van der Waals surface area contributed by atoms with Crippen LogP contribution in [0.25, 0.3) is 11.5 Å². The van der Waals surface area contributed by atoms with E-state index in [1.54, 1.807) is 23.8 Å². The van der Waals surface area contributed by atoms with Gasteiger partial charge in [0.25, 0.3) is 0 Å². The van der Waals surface area contributed by atoms with Gasteiger partial charge in [0, 0.05) is 5.38 Å². The number of rotatable bonds is 7. The van der Waals surface area contributed by atoms with Crippen molar-refractivity contribution in [3.63, 3.8) is 0 Å². The summed E-state index contributed by atoms with van der Waals surface area (Å²) < 4.78 is 10.5. The van der Waals surface area contributed by atoms with Crippen LogP contribution in [0.1, 0.15) is 19.4 Å². The van der Waals surface area contributed by atoms with Crippen molar-refractivity contribution in [1.29, 1.82) is 0 Å². The van der Waals surface area contributed by atoms with Gasteiger partial charge in [0.2, 0.25) is 5.91 Å². The van der Waals surface area contributed by atoms with Crippen molar-refractivity contribution >= 4 is 28.5 Å². The van der Waals surface area contributed by atoms with Crippen LogP contribution in [-0.4, -0.2) is 23.0 Å². The minimum atomic E-state index is -0.751. The van der Waals surface area contributed by atoms with E-state index in [9.17, 15) is 9.59 Å². The van der Waals surface area contributed by atoms with Gasteiger partial charge in [-0.05, 0) is 23.6 Å². The highest BCUT2D eigenvalue weighted by Gasteiger charge is 2.25. The number of aromatic nitrogens is 1. The number of alkyl carbamates (subject to hydrolysis) is 1. The molecule has 0 aliphatic rings. The third-order valence-electron chi connectivity index (χ3n) is 3.94. The van der Waals surface area contributed by atoms with Gasteiger partial charge in [-0.3, -0.25) is 4.79 Å². The molecule has 0 aliphatic heterocycles. The number of carbonyl (C=O) groups is 2. The second kappa shape index (κ2) is 9.18. The predicted octanol–water partition coefficient (Wildman–Crippen LogP) is 4.29. The van der Waals surface area contributed by atoms with E-state index in [0.717, 1.165) is 5.56 Å². The van der Waals surface area contributed by atoms with Crippen LogP contribution >= 0.6 is 11.3 Å². The molecule has 0 fully saturated rings. The first-order valence-electron chi connectivity index (χ1n) is 8.80. The van der Waals surface area contributed by atoms with Gasteiger partial charge < -0.3 is 19.8 Å². The van der Waals surface area contributed by atoms with Crippen LogP contribution in [0.15, 0.2) is 58.5 Å². The molecular formula is C20H21N3O4S. The monoisotopic (exact) mass is 399 g/mol. The molecule has 2 aromatic heterocycles. The van der Waals surface area contributed by atoms with E-state index in [4.69, 9.17) is 9.15 Å². The van der Waals surface area contributed by atoms with Crippen LogP contribution in [0.5, 0.6) is 0 Å². The van der Waals surface area contributed by atoms with Crippen LogP contribution in [0.3, 0.4) is 0 Å². The molecule has 0 saturated heterocycles. The lowest BCUT2D eigenvalue weighted by Gasteiger charge is -2.20. The topological polar surface area (TPSA) is 93.5 Å². The van der Waals surface area contributed by atoms with Gasteiger partial charge in [-0.25, -0.2) is 9.78 Å². The second-order valence-corrected chi connectivity index (χ2v) is 7.29. The summed E-state index contributed by atoms with van der Waals surface area (Å²) in [5.41, 5.74) is 1.51. The van der Waals surface area contributed by atoms with E-state index in [1.807, 2.05) is 44.2 Å². The maximum Gasteiger partial charge on any atom is 0.408 e. The molecule has 2 N–H and O–H groups in total. The molecule has 2 amide bonds. The molecule has 1 aromatic carbocycles. The number of hydrogen-bond donors (Lipinski definition) is 2. The molecule has 0 aliphatic carbocycles. The lowest BCUT2D eigenvalue weighted by atomic mass is 10.0. The highest BCUT2D eigenvalue weighted by molar-refractivity contribution is 7.14. The molecule has 3 aromatic rings. The van der Waals surface area contributed by atoms with Crippen molar-refractivity contribution < 1.29 is 18.7 Å². The van der Waals surface area contributed by atoms with Crippen LogP contribution < -0.4 is 10.6 Å². The summed E-state index contributed by atoms with van der Waals surface area (Å²) in [6.07, 6.45) is 0.917. The maximum absolute atomic E-state index is 12.6. The number of hydrogen-bond acceptors (Lipinski definition) is 6. The molecular weight excluding hydrogens is 378 g/mol. The first-order valence-corrected chi connectivity index (χ1v) is 9.68. The van der Waals surface area contributed by atoms with Crippen molar-refractivity contribution in [2.75, 3.05) is 5.32 Å². The van der Waals surface area contributed by atoms with Crippen LogP contribution in [0.2, 0.25) is 0 Å². The zero-order valence-corrected chi connectivity index (χ0v) is 16.4. The molecule has 0 radical (unpaired) electrons. The standard InChI is InChI=1S/C20H21N3O4S/c1-13(2)17(22-20(25)27-11-14-7-4-3-5-8-14)18(24)23-19-21-15(12-28-19)16-9-6-10-26-16/h3-10,12-13,17H,11H2,1-2H3,(H,22,25)(H,21,23,24)/t17-/m0/s1. The summed E-state index contributed by atoms with van der Waals surface area (Å²) in [5.74, 6) is 0.139. The number of furan rings is 1. The van der Waals surface area contributed by atoms with E-state index < -0.39 is 12.1 Å². The van der Waals surface area contributed by atoms with E-state index in [2.05, 4.69) is 15.6 Å². The highest BCUT2D eigenvalue weighted by Crippen LogP contribution is 2.25. The van der Waals surface area contributed by atoms with Gasteiger partial charge in [-0.2, -0.15) is 0 Å². The summed E-state index contributed by atoms with van der Waals surface area (Å²) in [6.45, 7) is 3.83. The number of thiazole rings is 1. The molecule has 8 heteroatoms. The Labute approximate surface area is 166 Å². The number of nitrogens with one attached hydrogen (secondary N) is 2. The Hall–Kier alpha value is -3.13. The minimum Gasteiger partial charge on any atom is -0.463 e. The summed E-state index contributed by atoms with van der Waals surface area (Å²) >= 11 is 1.28. The average molecular weight is 399 g/mol. The van der Waals surface area contributed by atoms with Crippen LogP contribution in [-0.2, 0) is 16.1 Å². The second-order valence-electron chi connectivity index (χ2n) is 6.43. The number of amides is 2. The van der Waals surface area contributed by atoms with Crippen LogP contribution in [0.4, 0.5) is 9.93 Å². The average Bonchev–Trinajstić information content (AvgIpc) is 3.36. The molecule has 3 rings (SSSR count). The Kier molecular flexibility index (Phi) is 6.44. The van der Waals surface area contributed by atoms with Gasteiger partial charge in [0.15, 0.2) is 10.9 Å². The summed E-state index contributed by atoms with van der Waals surface area (Å²) in [6, 6.07) is 12.2. The lowest BCUT2D eigenvalue weighted by molar-refractivity contribution is -0.119. The van der Waals surface area contributed by atoms with E-state index in [0.29, 0.717) is 16.6 Å². The van der Waals surface area contributed by atoms with Crippen molar-refractivity contribution in [3.8, 4) is 11.5 Å². The number of benzene rings is 1. The molecule has 0 bridgehead atoms. The fraction of sp³-hybridized carbons (Fsp3) is 0.250. The van der Waals surface area contributed by atoms with E-state index in [-0.39, 0.29) is 18.4 Å². The highest BCUT2D eigenvalue weighted by atomic mass is 32.1. The van der Waals surface area contributed by atoms with Gasteiger partial charge in [0.1, 0.15) is 18.3 Å². The van der Waals surface area contributed by atoms with Crippen molar-refractivity contribution in [2.24, 2.45) is 5.92 Å². The Bertz CT molecular complexity index is 907. The molecule has 28 heavy (non-hydrogen) atoms. The molecule has 0 spiro atoms. The number of anilines is 1. The molecule has 7 nitrogen and oxygen atoms in total. The molecule has 146 valence electrons. The third-order valence-corrected chi connectivity index (χ3v) is 4.70. The molecule has 0 saturated carbocycles. The Morgan fingerprint density at radius 1 is 1.18 bits per heavy atom. The molecule has 0 unspecified atom stereocenters. The van der Waals surface area contributed by atoms with Gasteiger partial charge in [-0.15, -0.1) is 11.3 Å². The largest absolute Gasteiger partial charge is 0.463 e. The molecule has 2 heterocycles. The zero-order chi connectivity index (χ0) is 19.9. The Balaban J connectivity index is 1.57. The summed E-state index contributed by atoms with van der Waals surface area (Å²) in [4.78, 5) is 29.1. The normalized spacial score (nSPS) is 11.8. The number of nitrogens with zero attached hydrogens (tertiary/aromatic N) is 1. The van der Waals surface area contributed by atoms with Gasteiger partial charge >= 0.3 is 6.09 Å². The van der Waals surface area contributed by atoms with Crippen LogP contribution in [0, 0.1) is 5.92 Å². The fourth-order valence-electron chi connectivity index (χ4n) is 2.48.